The van der Waals surface area contributed by atoms with Crippen LogP contribution < -0.4 is 5.73 Å². The maximum Gasteiger partial charge on any atom is 0.410 e. The van der Waals surface area contributed by atoms with Gasteiger partial charge in [0.05, 0.1) is 35.1 Å². The maximum atomic E-state index is 13.0. The molecule has 11 heteroatoms. The summed E-state index contributed by atoms with van der Waals surface area (Å²) in [4.78, 5) is 27.9. The van der Waals surface area contributed by atoms with E-state index in [0.717, 1.165) is 22.4 Å². The molecule has 0 aliphatic carbocycles. The minimum atomic E-state index is -0.605. The van der Waals surface area contributed by atoms with Crippen molar-refractivity contribution in [3.8, 4) is 11.8 Å². The SMILES string of the molecule is COC[C@H]1C[C@H](n2nc(C#Cc3ccc4c(c3)nc(C)n4C)c3c(N)ncnc32)CN1C(=O)OC(C)(C)C. The highest BCUT2D eigenvalue weighted by atomic mass is 16.6. The third-order valence-electron chi connectivity index (χ3n) is 6.67. The number of likely N-dealkylation sites (tertiary alicyclic amines) is 1. The number of nitrogens with zero attached hydrogens (tertiary/aromatic N) is 7. The van der Waals surface area contributed by atoms with Gasteiger partial charge in [-0.1, -0.05) is 5.92 Å². The number of ether oxygens (including phenoxy) is 2. The van der Waals surface area contributed by atoms with E-state index in [0.29, 0.717) is 42.1 Å². The van der Waals surface area contributed by atoms with Crippen LogP contribution in [0.3, 0.4) is 0 Å². The number of hydrogen-bond acceptors (Lipinski definition) is 8. The predicted molar refractivity (Wildman–Crippen MR) is 143 cm³/mol. The molecular weight excluding hydrogens is 484 g/mol. The summed E-state index contributed by atoms with van der Waals surface area (Å²) in [6.45, 7) is 8.30. The van der Waals surface area contributed by atoms with Gasteiger partial charge in [0.1, 0.15) is 29.3 Å². The number of rotatable bonds is 3. The van der Waals surface area contributed by atoms with Gasteiger partial charge in [-0.05, 0) is 58.2 Å². The molecule has 2 N–H and O–H groups in total. The number of imidazole rings is 1. The van der Waals surface area contributed by atoms with Gasteiger partial charge in [0.25, 0.3) is 0 Å². The molecule has 1 amide bonds. The van der Waals surface area contributed by atoms with E-state index < -0.39 is 5.60 Å². The molecule has 0 spiro atoms. The molecule has 0 bridgehead atoms. The molecule has 1 aromatic carbocycles. The van der Waals surface area contributed by atoms with Crippen molar-refractivity contribution in [3.05, 3.63) is 41.6 Å². The predicted octanol–water partition coefficient (Wildman–Crippen LogP) is 3.20. The molecule has 5 rings (SSSR count). The number of aryl methyl sites for hydroxylation is 2. The molecule has 198 valence electrons. The highest BCUT2D eigenvalue weighted by Crippen LogP contribution is 2.32. The lowest BCUT2D eigenvalue weighted by atomic mass is 10.2. The molecule has 1 aliphatic heterocycles. The lowest BCUT2D eigenvalue weighted by Crippen LogP contribution is -2.41. The largest absolute Gasteiger partial charge is 0.444 e. The van der Waals surface area contributed by atoms with Crippen LogP contribution >= 0.6 is 0 Å². The minimum absolute atomic E-state index is 0.164. The fraction of sp³-hybridized carbons (Fsp3) is 0.444. The van der Waals surface area contributed by atoms with Gasteiger partial charge in [-0.3, -0.25) is 0 Å². The third-order valence-corrected chi connectivity index (χ3v) is 6.67. The summed E-state index contributed by atoms with van der Waals surface area (Å²) < 4.78 is 14.9. The number of carbonyl (C=O) groups is 1. The van der Waals surface area contributed by atoms with E-state index in [1.165, 1.54) is 6.33 Å². The van der Waals surface area contributed by atoms with Gasteiger partial charge in [0.2, 0.25) is 0 Å². The molecule has 0 unspecified atom stereocenters. The number of nitrogens with two attached hydrogens (primary N) is 1. The van der Waals surface area contributed by atoms with Gasteiger partial charge in [-0.25, -0.2) is 24.4 Å². The Labute approximate surface area is 220 Å². The molecule has 0 saturated carbocycles. The van der Waals surface area contributed by atoms with Crippen molar-refractivity contribution in [2.45, 2.75) is 51.8 Å². The molecule has 11 nitrogen and oxygen atoms in total. The molecule has 1 fully saturated rings. The summed E-state index contributed by atoms with van der Waals surface area (Å²) in [5, 5.41) is 5.40. The van der Waals surface area contributed by atoms with E-state index in [1.54, 1.807) is 16.7 Å². The van der Waals surface area contributed by atoms with E-state index in [-0.39, 0.29) is 18.2 Å². The number of fused-ring (bicyclic) bond motifs is 2. The normalized spacial score (nSPS) is 17.7. The number of methoxy groups -OCH3 is 1. The van der Waals surface area contributed by atoms with Crippen molar-refractivity contribution in [1.82, 2.24) is 34.2 Å². The first-order chi connectivity index (χ1) is 18.1. The Morgan fingerprint density at radius 3 is 2.76 bits per heavy atom. The van der Waals surface area contributed by atoms with Crippen molar-refractivity contribution in [1.29, 1.82) is 0 Å². The first-order valence-corrected chi connectivity index (χ1v) is 12.5. The number of carbonyl (C=O) groups excluding carboxylic acids is 1. The van der Waals surface area contributed by atoms with Gasteiger partial charge >= 0.3 is 6.09 Å². The second kappa shape index (κ2) is 9.61. The zero-order valence-electron chi connectivity index (χ0n) is 22.5. The first-order valence-electron chi connectivity index (χ1n) is 12.5. The van der Waals surface area contributed by atoms with Crippen LogP contribution in [0.5, 0.6) is 0 Å². The number of aromatic nitrogens is 6. The molecule has 0 radical (unpaired) electrons. The van der Waals surface area contributed by atoms with Gasteiger partial charge in [0.15, 0.2) is 5.65 Å². The zero-order valence-corrected chi connectivity index (χ0v) is 22.5. The lowest BCUT2D eigenvalue weighted by Gasteiger charge is -2.28. The fourth-order valence-corrected chi connectivity index (χ4v) is 4.83. The van der Waals surface area contributed by atoms with Gasteiger partial charge in [-0.2, -0.15) is 5.10 Å². The minimum Gasteiger partial charge on any atom is -0.444 e. The molecule has 4 heterocycles. The van der Waals surface area contributed by atoms with Crippen LogP contribution in [-0.2, 0) is 16.5 Å². The maximum absolute atomic E-state index is 13.0. The number of hydrogen-bond donors (Lipinski definition) is 1. The molecule has 4 aromatic rings. The van der Waals surface area contributed by atoms with Crippen molar-refractivity contribution >= 4 is 34.0 Å². The van der Waals surface area contributed by atoms with Crippen LogP contribution in [0.15, 0.2) is 24.5 Å². The third kappa shape index (κ3) is 4.75. The Kier molecular flexibility index (Phi) is 6.44. The summed E-state index contributed by atoms with van der Waals surface area (Å²) in [7, 11) is 3.61. The second-order valence-corrected chi connectivity index (χ2v) is 10.6. The van der Waals surface area contributed by atoms with Gasteiger partial charge in [0, 0.05) is 26.3 Å². The topological polar surface area (TPSA) is 126 Å². The monoisotopic (exact) mass is 516 g/mol. The summed E-state index contributed by atoms with van der Waals surface area (Å²) in [5.74, 6) is 7.60. The number of amides is 1. The van der Waals surface area contributed by atoms with Crippen LogP contribution in [0.25, 0.3) is 22.1 Å². The quantitative estimate of drug-likeness (QED) is 0.412. The number of anilines is 1. The van der Waals surface area contributed by atoms with Crippen LogP contribution in [0.4, 0.5) is 10.6 Å². The number of nitrogen functional groups attached to an aromatic ring is 1. The van der Waals surface area contributed by atoms with Crippen molar-refractivity contribution in [2.24, 2.45) is 7.05 Å². The van der Waals surface area contributed by atoms with Crippen LogP contribution in [0.1, 0.15) is 50.3 Å². The Morgan fingerprint density at radius 1 is 1.24 bits per heavy atom. The standard InChI is InChI=1S/C27H32N8O3/c1-16-31-21-11-17(8-10-22(21)33(16)5)7-9-20-23-24(28)29-15-30-25(23)35(32-20)18-12-19(14-37-6)34(13-18)26(36)38-27(2,3)4/h8,10-11,15,18-19H,12-14H2,1-6H3,(H2,28,29,30)/t18-,19+/m0/s1. The van der Waals surface area contributed by atoms with Crippen molar-refractivity contribution < 1.29 is 14.3 Å². The van der Waals surface area contributed by atoms with Crippen LogP contribution in [-0.4, -0.2) is 72.2 Å². The lowest BCUT2D eigenvalue weighted by molar-refractivity contribution is 0.0145. The molecule has 1 saturated heterocycles. The summed E-state index contributed by atoms with van der Waals surface area (Å²) in [6, 6.07) is 5.59. The average molecular weight is 517 g/mol. The van der Waals surface area contributed by atoms with Crippen LogP contribution in [0, 0.1) is 18.8 Å². The fourth-order valence-electron chi connectivity index (χ4n) is 4.83. The Balaban J connectivity index is 1.51. The molecule has 3 aromatic heterocycles. The molecule has 2 atom stereocenters. The average Bonchev–Trinajstić information content (AvgIpc) is 3.51. The summed E-state index contributed by atoms with van der Waals surface area (Å²) in [6.07, 6.45) is 1.65. The highest BCUT2D eigenvalue weighted by Gasteiger charge is 2.39. The Morgan fingerprint density at radius 2 is 2.03 bits per heavy atom. The number of benzene rings is 1. The van der Waals surface area contributed by atoms with Crippen molar-refractivity contribution in [2.75, 3.05) is 26.0 Å². The van der Waals surface area contributed by atoms with Gasteiger partial charge in [-0.15, -0.1) is 0 Å². The first kappa shape index (κ1) is 25.5. The molecular formula is C27H32N8O3. The molecule has 38 heavy (non-hydrogen) atoms. The Bertz CT molecular complexity index is 1590. The van der Waals surface area contributed by atoms with E-state index in [9.17, 15) is 4.79 Å². The zero-order chi connectivity index (χ0) is 27.2. The Hall–Kier alpha value is -4.17. The van der Waals surface area contributed by atoms with E-state index in [4.69, 9.17) is 20.3 Å². The van der Waals surface area contributed by atoms with E-state index in [1.807, 2.05) is 57.5 Å². The smallest absolute Gasteiger partial charge is 0.410 e. The van der Waals surface area contributed by atoms with Gasteiger partial charge < -0.3 is 24.7 Å². The molecule has 1 aliphatic rings. The van der Waals surface area contributed by atoms with E-state index in [2.05, 4.69) is 26.8 Å². The highest BCUT2D eigenvalue weighted by molar-refractivity contribution is 5.90. The van der Waals surface area contributed by atoms with Crippen molar-refractivity contribution in [3.63, 3.8) is 0 Å². The van der Waals surface area contributed by atoms with E-state index >= 15 is 0 Å². The second-order valence-electron chi connectivity index (χ2n) is 10.6. The summed E-state index contributed by atoms with van der Waals surface area (Å²) in [5.41, 5.74) is 9.45. The van der Waals surface area contributed by atoms with Crippen LogP contribution in [0.2, 0.25) is 0 Å². The summed E-state index contributed by atoms with van der Waals surface area (Å²) >= 11 is 0.